The van der Waals surface area contributed by atoms with E-state index in [-0.39, 0.29) is 6.42 Å². The highest BCUT2D eigenvalue weighted by Crippen LogP contribution is 2.22. The van der Waals surface area contributed by atoms with Crippen LogP contribution in [0.25, 0.3) is 0 Å². The van der Waals surface area contributed by atoms with Gasteiger partial charge in [-0.05, 0) is 19.9 Å². The van der Waals surface area contributed by atoms with E-state index >= 15 is 0 Å². The van der Waals surface area contributed by atoms with E-state index in [2.05, 4.69) is 11.9 Å². The largest absolute Gasteiger partial charge is 0.403 e. The minimum absolute atomic E-state index is 0.0590. The molecule has 11 heavy (non-hydrogen) atoms. The molecule has 0 aliphatic carbocycles. The van der Waals surface area contributed by atoms with Crippen molar-refractivity contribution in [3.05, 3.63) is 12.7 Å². The van der Waals surface area contributed by atoms with Crippen molar-refractivity contribution in [3.63, 3.8) is 0 Å². The summed E-state index contributed by atoms with van der Waals surface area (Å²) in [6.45, 7) is 3.35. The van der Waals surface area contributed by atoms with Gasteiger partial charge in [-0.1, -0.05) is 6.08 Å². The maximum absolute atomic E-state index is 11.9. The van der Waals surface area contributed by atoms with Crippen molar-refractivity contribution in [1.29, 1.82) is 0 Å². The first-order valence-corrected chi connectivity index (χ1v) is 3.37. The molecule has 66 valence electrons. The van der Waals surface area contributed by atoms with Gasteiger partial charge in [-0.25, -0.2) is 0 Å². The highest BCUT2D eigenvalue weighted by Gasteiger charge is 2.37. The zero-order chi connectivity index (χ0) is 8.91. The lowest BCUT2D eigenvalue weighted by Gasteiger charge is -2.18. The number of nitrogens with one attached hydrogen (secondary N) is 1. The van der Waals surface area contributed by atoms with Crippen molar-refractivity contribution < 1.29 is 13.2 Å². The second-order valence-corrected chi connectivity index (χ2v) is 2.25. The van der Waals surface area contributed by atoms with Gasteiger partial charge in [-0.2, -0.15) is 13.2 Å². The molecule has 0 aromatic carbocycles. The molecule has 0 rings (SSSR count). The van der Waals surface area contributed by atoms with Crippen LogP contribution in [-0.4, -0.2) is 19.3 Å². The van der Waals surface area contributed by atoms with Crippen LogP contribution < -0.4 is 5.32 Å². The average molecular weight is 167 g/mol. The number of alkyl halides is 3. The molecule has 0 bridgehead atoms. The van der Waals surface area contributed by atoms with Crippen LogP contribution in [0.4, 0.5) is 13.2 Å². The molecule has 0 aliphatic heterocycles. The predicted molar refractivity (Wildman–Crippen MR) is 38.3 cm³/mol. The number of hydrogen-bond acceptors (Lipinski definition) is 1. The fourth-order valence-electron chi connectivity index (χ4n) is 0.756. The zero-order valence-corrected chi connectivity index (χ0v) is 6.41. The predicted octanol–water partition coefficient (Wildman–Crippen LogP) is 2.10. The summed E-state index contributed by atoms with van der Waals surface area (Å²) < 4.78 is 35.8. The van der Waals surface area contributed by atoms with E-state index in [1.54, 1.807) is 0 Å². The molecule has 0 aromatic rings. The third-order valence-corrected chi connectivity index (χ3v) is 1.40. The third kappa shape index (κ3) is 4.03. The fourth-order valence-corrected chi connectivity index (χ4v) is 0.756. The first-order chi connectivity index (χ1) is 5.02. The summed E-state index contributed by atoms with van der Waals surface area (Å²) in [4.78, 5) is 0. The minimum Gasteiger partial charge on any atom is -0.309 e. The summed E-state index contributed by atoms with van der Waals surface area (Å²) in [6, 6.07) is -1.40. The molecule has 0 heterocycles. The van der Waals surface area contributed by atoms with E-state index in [4.69, 9.17) is 0 Å². The topological polar surface area (TPSA) is 12.0 Å². The van der Waals surface area contributed by atoms with Crippen molar-refractivity contribution in [1.82, 2.24) is 5.32 Å². The average Bonchev–Trinajstić information content (AvgIpc) is 1.87. The van der Waals surface area contributed by atoms with Crippen molar-refractivity contribution in [3.8, 4) is 0 Å². The van der Waals surface area contributed by atoms with Gasteiger partial charge in [0.2, 0.25) is 0 Å². The van der Waals surface area contributed by atoms with Crippen LogP contribution in [0.15, 0.2) is 12.7 Å². The lowest BCUT2D eigenvalue weighted by molar-refractivity contribution is -0.155. The monoisotopic (exact) mass is 167 g/mol. The number of rotatable bonds is 4. The summed E-state index contributed by atoms with van der Waals surface area (Å²) in [5, 5.41) is 2.20. The van der Waals surface area contributed by atoms with Gasteiger partial charge in [0.05, 0.1) is 0 Å². The van der Waals surface area contributed by atoms with Crippen molar-refractivity contribution in [2.45, 2.75) is 25.1 Å². The number of halogens is 3. The van der Waals surface area contributed by atoms with Crippen molar-refractivity contribution in [2.75, 3.05) is 7.05 Å². The molecule has 0 radical (unpaired) electrons. The Kier molecular flexibility index (Phi) is 4.18. The van der Waals surface area contributed by atoms with E-state index in [0.717, 1.165) is 0 Å². The van der Waals surface area contributed by atoms with Crippen molar-refractivity contribution >= 4 is 0 Å². The third-order valence-electron chi connectivity index (χ3n) is 1.40. The highest BCUT2D eigenvalue weighted by molar-refractivity contribution is 4.77. The number of hydrogen-bond donors (Lipinski definition) is 1. The Bertz CT molecular complexity index is 119. The summed E-state index contributed by atoms with van der Waals surface area (Å²) >= 11 is 0. The lowest BCUT2D eigenvalue weighted by Crippen LogP contribution is -2.39. The molecule has 0 amide bonds. The molecule has 1 nitrogen and oxygen atoms in total. The number of allylic oxidation sites excluding steroid dienone is 1. The quantitative estimate of drug-likeness (QED) is 0.632. The lowest BCUT2D eigenvalue weighted by atomic mass is 10.1. The zero-order valence-electron chi connectivity index (χ0n) is 6.41. The van der Waals surface area contributed by atoms with Gasteiger partial charge >= 0.3 is 6.18 Å². The Hall–Kier alpha value is -0.510. The maximum atomic E-state index is 11.9. The van der Waals surface area contributed by atoms with Gasteiger partial charge in [0, 0.05) is 0 Å². The van der Waals surface area contributed by atoms with Crippen LogP contribution in [0.1, 0.15) is 12.8 Å². The van der Waals surface area contributed by atoms with Crippen molar-refractivity contribution in [2.24, 2.45) is 0 Å². The normalized spacial score (nSPS) is 14.5. The van der Waals surface area contributed by atoms with E-state index in [1.807, 2.05) is 0 Å². The molecule has 1 atom stereocenters. The first-order valence-electron chi connectivity index (χ1n) is 3.37. The summed E-state index contributed by atoms with van der Waals surface area (Å²) in [5.41, 5.74) is 0. The summed E-state index contributed by atoms with van der Waals surface area (Å²) in [7, 11) is 1.31. The Morgan fingerprint density at radius 2 is 2.09 bits per heavy atom. The van der Waals surface area contributed by atoms with Crippen LogP contribution in [0.2, 0.25) is 0 Å². The van der Waals surface area contributed by atoms with Gasteiger partial charge in [0.25, 0.3) is 0 Å². The Balaban J connectivity index is 3.85. The molecule has 4 heteroatoms. The molecular formula is C7H12F3N. The SMILES string of the molecule is C=CCCC(NC)C(F)(F)F. The Morgan fingerprint density at radius 3 is 2.36 bits per heavy atom. The van der Waals surface area contributed by atoms with Crippen LogP contribution in [-0.2, 0) is 0 Å². The molecule has 1 N–H and O–H groups in total. The fraction of sp³-hybridized carbons (Fsp3) is 0.714. The first kappa shape index (κ1) is 10.5. The Labute approximate surface area is 64.3 Å². The highest BCUT2D eigenvalue weighted by atomic mass is 19.4. The van der Waals surface area contributed by atoms with E-state index in [9.17, 15) is 13.2 Å². The molecule has 0 aliphatic rings. The van der Waals surface area contributed by atoms with E-state index in [1.165, 1.54) is 13.1 Å². The molecule has 0 saturated carbocycles. The molecule has 0 spiro atoms. The Morgan fingerprint density at radius 1 is 1.55 bits per heavy atom. The molecule has 0 aromatic heterocycles. The standard InChI is InChI=1S/C7H12F3N/c1-3-4-5-6(11-2)7(8,9)10/h3,6,11H,1,4-5H2,2H3. The second-order valence-electron chi connectivity index (χ2n) is 2.25. The van der Waals surface area contributed by atoms with Gasteiger partial charge in [0.15, 0.2) is 0 Å². The van der Waals surface area contributed by atoms with Gasteiger partial charge in [-0.3, -0.25) is 0 Å². The summed E-state index contributed by atoms with van der Waals surface area (Å²) in [5.74, 6) is 0. The van der Waals surface area contributed by atoms with Crippen LogP contribution in [0, 0.1) is 0 Å². The van der Waals surface area contributed by atoms with Gasteiger partial charge in [-0.15, -0.1) is 6.58 Å². The smallest absolute Gasteiger partial charge is 0.309 e. The van der Waals surface area contributed by atoms with Gasteiger partial charge in [0.1, 0.15) is 6.04 Å². The minimum atomic E-state index is -4.14. The molecular weight excluding hydrogens is 155 g/mol. The summed E-state index contributed by atoms with van der Waals surface area (Å²) in [6.07, 6.45) is -2.22. The van der Waals surface area contributed by atoms with Gasteiger partial charge < -0.3 is 5.32 Å². The molecule has 0 fully saturated rings. The second kappa shape index (κ2) is 4.38. The maximum Gasteiger partial charge on any atom is 0.403 e. The van der Waals surface area contributed by atoms with E-state index in [0.29, 0.717) is 6.42 Å². The van der Waals surface area contributed by atoms with Crippen LogP contribution in [0.5, 0.6) is 0 Å². The molecule has 0 saturated heterocycles. The molecule has 1 unspecified atom stereocenters. The van der Waals surface area contributed by atoms with Crippen LogP contribution >= 0.6 is 0 Å². The van der Waals surface area contributed by atoms with E-state index < -0.39 is 12.2 Å². The van der Waals surface area contributed by atoms with Crippen LogP contribution in [0.3, 0.4) is 0 Å².